The van der Waals surface area contributed by atoms with E-state index in [0.717, 1.165) is 39.3 Å². The third kappa shape index (κ3) is 24.7. The summed E-state index contributed by atoms with van der Waals surface area (Å²) in [4.78, 5) is 39.1. The molecule has 0 N–H and O–H groups in total. The van der Waals surface area contributed by atoms with Gasteiger partial charge >= 0.3 is 17.4 Å². The average Bonchev–Trinajstić information content (AvgIpc) is 2.80. The molecule has 0 aromatic rings. The Labute approximate surface area is 221 Å². The van der Waals surface area contributed by atoms with Gasteiger partial charge in [0.1, 0.15) is 0 Å². The van der Waals surface area contributed by atoms with Crippen LogP contribution >= 0.6 is 22.1 Å². The van der Waals surface area contributed by atoms with Crippen LogP contribution < -0.4 is 14.7 Å². The van der Waals surface area contributed by atoms with Crippen LogP contribution in [0.5, 0.6) is 0 Å². The Kier molecular flexibility index (Phi) is 28.6. The van der Waals surface area contributed by atoms with E-state index in [2.05, 4.69) is 0 Å². The summed E-state index contributed by atoms with van der Waals surface area (Å²) in [6, 6.07) is 0. The molecule has 0 spiro atoms. The topological polar surface area (TPSA) is 130 Å². The normalized spacial score (nSPS) is 16.3. The molecule has 0 saturated heterocycles. The van der Waals surface area contributed by atoms with Crippen molar-refractivity contribution < 1.29 is 28.4 Å². The molecule has 0 aromatic carbocycles. The molecule has 13 heteroatoms. The molecule has 204 valence electrons. The zero-order chi connectivity index (χ0) is 26.7. The molecule has 0 aromatic heterocycles. The quantitative estimate of drug-likeness (QED) is 0.219. The minimum atomic E-state index is -3.09. The zero-order valence-corrected chi connectivity index (χ0v) is 27.0. The van der Waals surface area contributed by atoms with Crippen LogP contribution in [0, 0.1) is 0 Å². The first kappa shape index (κ1) is 42.1. The van der Waals surface area contributed by atoms with Gasteiger partial charge in [-0.25, -0.2) is 0 Å². The Morgan fingerprint density at radius 2 is 0.588 bits per heavy atom. The molecule has 0 heterocycles. The second kappa shape index (κ2) is 23.1. The summed E-state index contributed by atoms with van der Waals surface area (Å²) < 4.78 is 33.3. The maximum absolute atomic E-state index is 11.1. The summed E-state index contributed by atoms with van der Waals surface area (Å²) in [5.74, 6) is 0. The van der Waals surface area contributed by atoms with Crippen LogP contribution in [0.2, 0.25) is 0 Å². The first-order valence-corrected chi connectivity index (χ1v) is 18.2. The van der Waals surface area contributed by atoms with E-state index in [9.17, 15) is 28.4 Å². The first-order valence-electron chi connectivity index (χ1n) is 12.2. The average molecular weight is 562 g/mol. The van der Waals surface area contributed by atoms with E-state index in [1.807, 2.05) is 56.2 Å². The van der Waals surface area contributed by atoms with Gasteiger partial charge in [0.25, 0.3) is 0 Å². The van der Waals surface area contributed by atoms with Crippen LogP contribution in [0.3, 0.4) is 0 Å². The van der Waals surface area contributed by atoms with Crippen LogP contribution in [-0.2, 0) is 13.7 Å². The number of nitrogens with zero attached hydrogens (tertiary/aromatic N) is 3. The molecule has 0 aliphatic carbocycles. The van der Waals surface area contributed by atoms with Crippen molar-refractivity contribution in [3.63, 3.8) is 0 Å². The molecule has 0 aliphatic rings. The summed E-state index contributed by atoms with van der Waals surface area (Å²) >= 11 is 0. The van der Waals surface area contributed by atoms with E-state index in [0.29, 0.717) is 0 Å². The molecule has 9 nitrogen and oxygen atoms in total. The molecule has 0 fully saturated rings. The molecular weight excluding hydrogens is 510 g/mol. The van der Waals surface area contributed by atoms with Crippen molar-refractivity contribution in [2.45, 2.75) is 62.3 Å². The van der Waals surface area contributed by atoms with Gasteiger partial charge in [0, 0.05) is 41.0 Å². The molecule has 0 aliphatic heterocycles. The van der Waals surface area contributed by atoms with Gasteiger partial charge in [-0.3, -0.25) is 14.7 Å². The fourth-order valence-electron chi connectivity index (χ4n) is 2.48. The maximum Gasteiger partial charge on any atom is 3.00 e. The largest absolute Gasteiger partial charge is 3.00 e. The second-order valence-electron chi connectivity index (χ2n) is 7.73. The summed E-state index contributed by atoms with van der Waals surface area (Å²) in [6.07, 6.45) is 1.50. The van der Waals surface area contributed by atoms with E-state index >= 15 is 0 Å². The molecule has 3 atom stereocenters. The van der Waals surface area contributed by atoms with E-state index in [-0.39, 0.29) is 54.7 Å². The fourth-order valence-corrected chi connectivity index (χ4v) is 6.11. The molecule has 3 unspecified atom stereocenters. The maximum atomic E-state index is 11.1. The minimum Gasteiger partial charge on any atom is -0.798 e. The molecule has 34 heavy (non-hydrogen) atoms. The van der Waals surface area contributed by atoms with Gasteiger partial charge in [-0.2, -0.15) is 0 Å². The van der Waals surface area contributed by atoms with Gasteiger partial charge in [0.2, 0.25) is 0 Å². The Bertz CT molecular complexity index is 523. The monoisotopic (exact) mass is 561 g/mol. The van der Waals surface area contributed by atoms with E-state index in [1.54, 1.807) is 20.8 Å². The summed E-state index contributed by atoms with van der Waals surface area (Å²) in [6.45, 7) is 21.8. The number of rotatable bonds is 15. The molecule has 0 amide bonds. The van der Waals surface area contributed by atoms with Crippen LogP contribution in [0.4, 0.5) is 0 Å². The number of hydrogen-bond donors (Lipinski definition) is 0. The minimum absolute atomic E-state index is 0. The van der Waals surface area contributed by atoms with Crippen LogP contribution in [0.25, 0.3) is 0 Å². The van der Waals surface area contributed by atoms with Crippen molar-refractivity contribution in [2.75, 3.05) is 76.6 Å². The predicted octanol–water partition coefficient (Wildman–Crippen LogP) is 2.45. The van der Waals surface area contributed by atoms with Crippen molar-refractivity contribution in [1.82, 2.24) is 14.7 Å². The van der Waals surface area contributed by atoms with Gasteiger partial charge in [-0.1, -0.05) is 62.3 Å². The smallest absolute Gasteiger partial charge is 0.798 e. The van der Waals surface area contributed by atoms with Crippen molar-refractivity contribution in [2.24, 2.45) is 0 Å². The van der Waals surface area contributed by atoms with Crippen LogP contribution in [-0.4, -0.2) is 109 Å². The molecule has 0 radical (unpaired) electrons. The van der Waals surface area contributed by atoms with Crippen molar-refractivity contribution in [3.8, 4) is 0 Å². The Morgan fingerprint density at radius 1 is 0.441 bits per heavy atom. The number of hydrogen-bond acceptors (Lipinski definition) is 9. The molecule has 0 saturated carbocycles. The SMILES string of the molecule is CCN(CC)CP(=O)([O-])CC.CCN(CC)CP(=O)([O-])CC.CCN(CC)CP(=O)([O-])CC.[Al+3]. The fraction of sp³-hybridized carbons (Fsp3) is 1.00. The Morgan fingerprint density at radius 3 is 0.676 bits per heavy atom. The van der Waals surface area contributed by atoms with Gasteiger partial charge in [0.05, 0.1) is 0 Å². The molecule has 0 bridgehead atoms. The van der Waals surface area contributed by atoms with Crippen molar-refractivity contribution in [3.05, 3.63) is 0 Å². The second-order valence-corrected chi connectivity index (χ2v) is 15.4. The summed E-state index contributed by atoms with van der Waals surface area (Å²) in [5, 5.41) is 0. The third-order valence-electron chi connectivity index (χ3n) is 5.38. The Hall–Kier alpha value is 0.982. The van der Waals surface area contributed by atoms with Crippen LogP contribution in [0.1, 0.15) is 62.3 Å². The van der Waals surface area contributed by atoms with Crippen LogP contribution in [0.15, 0.2) is 0 Å². The van der Waals surface area contributed by atoms with Crippen molar-refractivity contribution in [1.29, 1.82) is 0 Å². The Balaban J connectivity index is -0.000000196. The molecule has 0 rings (SSSR count). The predicted molar refractivity (Wildman–Crippen MR) is 144 cm³/mol. The zero-order valence-electron chi connectivity index (χ0n) is 23.2. The van der Waals surface area contributed by atoms with Gasteiger partial charge in [0.15, 0.2) is 0 Å². The van der Waals surface area contributed by atoms with Gasteiger partial charge < -0.3 is 28.4 Å². The summed E-state index contributed by atoms with van der Waals surface area (Å²) in [5.41, 5.74) is 0. The first-order chi connectivity index (χ1) is 15.2. The van der Waals surface area contributed by atoms with Gasteiger partial charge in [-0.15, -0.1) is 0 Å². The third-order valence-corrected chi connectivity index (χ3v) is 10.8. The van der Waals surface area contributed by atoms with Gasteiger partial charge in [-0.05, 0) is 57.8 Å². The van der Waals surface area contributed by atoms with Crippen molar-refractivity contribution >= 4 is 39.5 Å². The standard InChI is InChI=1S/3C7H18NO2P.Al/c3*1-4-8(5-2)7-11(9,10)6-3;/h3*4-7H2,1-3H3,(H,9,10);/q;;;+3/p-3. The van der Waals surface area contributed by atoms with E-state index < -0.39 is 22.1 Å². The van der Waals surface area contributed by atoms with E-state index in [1.165, 1.54) is 0 Å². The summed E-state index contributed by atoms with van der Waals surface area (Å²) in [7, 11) is -9.26. The molecular formula is C21H51AlN3O6P3. The van der Waals surface area contributed by atoms with E-state index in [4.69, 9.17) is 0 Å².